The Hall–Kier alpha value is -2.16. The third kappa shape index (κ3) is 2.65. The minimum Gasteiger partial charge on any atom is -0.336 e. The van der Waals surface area contributed by atoms with Crippen LogP contribution in [0.15, 0.2) is 22.3 Å². The number of aromatic nitrogens is 4. The molecule has 0 saturated heterocycles. The molecule has 0 bridgehead atoms. The first-order chi connectivity index (χ1) is 9.02. The molecular weight excluding hydrogens is 268 g/mol. The predicted molar refractivity (Wildman–Crippen MR) is 69.3 cm³/mol. The Balaban J connectivity index is 2.26. The normalized spacial score (nSPS) is 10.6. The molecule has 2 heterocycles. The van der Waals surface area contributed by atoms with Crippen LogP contribution in [0.2, 0.25) is 0 Å². The average Bonchev–Trinajstić information content (AvgIpc) is 2.70. The fraction of sp³-hybridized carbons (Fsp3) is 0.300. The van der Waals surface area contributed by atoms with Crippen molar-refractivity contribution in [1.82, 2.24) is 19.9 Å². The molecule has 0 radical (unpaired) electrons. The third-order valence-corrected chi connectivity index (χ3v) is 3.37. The van der Waals surface area contributed by atoms with Crippen LogP contribution >= 0.6 is 11.8 Å². The van der Waals surface area contributed by atoms with Crippen LogP contribution in [0, 0.1) is 17.0 Å². The highest BCUT2D eigenvalue weighted by Crippen LogP contribution is 2.26. The Morgan fingerprint density at radius 3 is 2.74 bits per heavy atom. The van der Waals surface area contributed by atoms with Crippen molar-refractivity contribution in [1.29, 1.82) is 0 Å². The fourth-order valence-electron chi connectivity index (χ4n) is 1.49. The molecule has 2 aromatic heterocycles. The molecule has 0 amide bonds. The second kappa shape index (κ2) is 5.22. The van der Waals surface area contributed by atoms with E-state index in [0.717, 1.165) is 0 Å². The summed E-state index contributed by atoms with van der Waals surface area (Å²) in [5.74, 6) is 6.48. The topological polar surface area (TPSA) is 113 Å². The van der Waals surface area contributed by atoms with Gasteiger partial charge in [0.1, 0.15) is 10.7 Å². The molecule has 0 unspecified atom stereocenters. The van der Waals surface area contributed by atoms with Crippen molar-refractivity contribution in [3.8, 4) is 0 Å². The Bertz CT molecular complexity index is 626. The zero-order chi connectivity index (χ0) is 14.0. The lowest BCUT2D eigenvalue weighted by Gasteiger charge is -2.02. The zero-order valence-electron chi connectivity index (χ0n) is 10.4. The van der Waals surface area contributed by atoms with Crippen molar-refractivity contribution < 1.29 is 4.92 Å². The Morgan fingerprint density at radius 2 is 2.21 bits per heavy atom. The summed E-state index contributed by atoms with van der Waals surface area (Å²) in [5.41, 5.74) is 0.349. The highest BCUT2D eigenvalue weighted by Gasteiger charge is 2.15. The third-order valence-electron chi connectivity index (χ3n) is 2.48. The van der Waals surface area contributed by atoms with Gasteiger partial charge in [0.05, 0.1) is 4.92 Å². The highest BCUT2D eigenvalue weighted by atomic mass is 32.2. The number of nitro groups is 1. The quantitative estimate of drug-likeness (QED) is 0.510. The number of hydrogen-bond acceptors (Lipinski definition) is 7. The molecule has 19 heavy (non-hydrogen) atoms. The molecule has 0 fully saturated rings. The SMILES string of the molecule is CCc1nnc(Sc2ccc([N+](=O)[O-])c(C)n2)n1N. The maximum atomic E-state index is 10.7. The molecule has 2 rings (SSSR count). The zero-order valence-corrected chi connectivity index (χ0v) is 11.2. The lowest BCUT2D eigenvalue weighted by Crippen LogP contribution is -2.13. The average molecular weight is 280 g/mol. The van der Waals surface area contributed by atoms with E-state index in [2.05, 4.69) is 15.2 Å². The number of hydrogen-bond donors (Lipinski definition) is 1. The maximum absolute atomic E-state index is 10.7. The Labute approximate surface area is 113 Å². The van der Waals surface area contributed by atoms with E-state index in [0.29, 0.717) is 28.1 Å². The number of nitrogens with two attached hydrogens (primary N) is 1. The first kappa shape index (κ1) is 13.3. The van der Waals surface area contributed by atoms with Gasteiger partial charge in [0.25, 0.3) is 5.69 Å². The molecule has 0 spiro atoms. The van der Waals surface area contributed by atoms with Gasteiger partial charge in [0, 0.05) is 12.5 Å². The van der Waals surface area contributed by atoms with Gasteiger partial charge in [-0.15, -0.1) is 10.2 Å². The molecule has 100 valence electrons. The van der Waals surface area contributed by atoms with E-state index in [1.807, 2.05) is 6.92 Å². The first-order valence-corrected chi connectivity index (χ1v) is 6.33. The lowest BCUT2D eigenvalue weighted by molar-refractivity contribution is -0.385. The van der Waals surface area contributed by atoms with Crippen molar-refractivity contribution in [2.45, 2.75) is 30.5 Å². The van der Waals surface area contributed by atoms with Crippen LogP contribution < -0.4 is 5.84 Å². The van der Waals surface area contributed by atoms with Gasteiger partial charge >= 0.3 is 0 Å². The predicted octanol–water partition coefficient (Wildman–Crippen LogP) is 1.32. The summed E-state index contributed by atoms with van der Waals surface area (Å²) in [6.07, 6.45) is 0.677. The van der Waals surface area contributed by atoms with Gasteiger partial charge in [-0.3, -0.25) is 10.1 Å². The number of nitrogen functional groups attached to an aromatic ring is 1. The molecule has 0 atom stereocenters. The van der Waals surface area contributed by atoms with E-state index in [1.54, 1.807) is 13.0 Å². The minimum absolute atomic E-state index is 0.00666. The van der Waals surface area contributed by atoms with Gasteiger partial charge in [-0.1, -0.05) is 6.92 Å². The lowest BCUT2D eigenvalue weighted by atomic mass is 10.3. The maximum Gasteiger partial charge on any atom is 0.290 e. The summed E-state index contributed by atoms with van der Waals surface area (Å²) >= 11 is 1.22. The summed E-state index contributed by atoms with van der Waals surface area (Å²) in [6, 6.07) is 2.98. The largest absolute Gasteiger partial charge is 0.336 e. The van der Waals surface area contributed by atoms with Crippen LogP contribution in [0.3, 0.4) is 0 Å². The Morgan fingerprint density at radius 1 is 1.47 bits per heavy atom. The standard InChI is InChI=1S/C10H12N6O2S/c1-3-8-13-14-10(15(8)11)19-9-5-4-7(16(17)18)6(2)12-9/h4-5H,3,11H2,1-2H3. The van der Waals surface area contributed by atoms with Gasteiger partial charge in [-0.25, -0.2) is 9.66 Å². The molecular formula is C10H12N6O2S. The molecule has 0 aliphatic rings. The minimum atomic E-state index is -0.461. The first-order valence-electron chi connectivity index (χ1n) is 5.52. The smallest absolute Gasteiger partial charge is 0.290 e. The molecule has 9 heteroatoms. The summed E-state index contributed by atoms with van der Waals surface area (Å²) in [4.78, 5) is 14.4. The number of pyridine rings is 1. The summed E-state index contributed by atoms with van der Waals surface area (Å²) in [6.45, 7) is 3.52. The van der Waals surface area contributed by atoms with Crippen LogP contribution in [-0.4, -0.2) is 24.8 Å². The van der Waals surface area contributed by atoms with Gasteiger partial charge in [-0.05, 0) is 24.8 Å². The van der Waals surface area contributed by atoms with Crippen molar-refractivity contribution in [2.24, 2.45) is 0 Å². The summed E-state index contributed by atoms with van der Waals surface area (Å²) in [5, 5.41) is 19.7. The molecule has 2 N–H and O–H groups in total. The fourth-order valence-corrected chi connectivity index (χ4v) is 2.28. The summed E-state index contributed by atoms with van der Waals surface area (Å²) < 4.78 is 1.39. The van der Waals surface area contributed by atoms with E-state index >= 15 is 0 Å². The van der Waals surface area contributed by atoms with E-state index in [1.165, 1.54) is 22.5 Å². The molecule has 0 aromatic carbocycles. The van der Waals surface area contributed by atoms with Gasteiger partial charge in [0.2, 0.25) is 5.16 Å². The van der Waals surface area contributed by atoms with Crippen LogP contribution in [0.5, 0.6) is 0 Å². The van der Waals surface area contributed by atoms with Gasteiger partial charge in [0.15, 0.2) is 5.82 Å². The van der Waals surface area contributed by atoms with Crippen LogP contribution in [-0.2, 0) is 6.42 Å². The van der Waals surface area contributed by atoms with Crippen LogP contribution in [0.25, 0.3) is 0 Å². The molecule has 8 nitrogen and oxygen atoms in total. The molecule has 0 aliphatic heterocycles. The monoisotopic (exact) mass is 280 g/mol. The van der Waals surface area contributed by atoms with E-state index in [-0.39, 0.29) is 5.69 Å². The molecule has 0 aliphatic carbocycles. The van der Waals surface area contributed by atoms with Gasteiger partial charge in [-0.2, -0.15) is 0 Å². The van der Waals surface area contributed by atoms with Gasteiger partial charge < -0.3 is 5.84 Å². The van der Waals surface area contributed by atoms with Crippen molar-refractivity contribution in [3.63, 3.8) is 0 Å². The van der Waals surface area contributed by atoms with Crippen molar-refractivity contribution in [2.75, 3.05) is 5.84 Å². The van der Waals surface area contributed by atoms with Crippen LogP contribution in [0.4, 0.5) is 5.69 Å². The van der Waals surface area contributed by atoms with E-state index in [4.69, 9.17) is 5.84 Å². The number of nitrogens with zero attached hydrogens (tertiary/aromatic N) is 5. The van der Waals surface area contributed by atoms with Crippen molar-refractivity contribution in [3.05, 3.63) is 33.8 Å². The summed E-state index contributed by atoms with van der Waals surface area (Å²) in [7, 11) is 0. The van der Waals surface area contributed by atoms with E-state index < -0.39 is 4.92 Å². The van der Waals surface area contributed by atoms with E-state index in [9.17, 15) is 10.1 Å². The highest BCUT2D eigenvalue weighted by molar-refractivity contribution is 7.99. The van der Waals surface area contributed by atoms with Crippen molar-refractivity contribution >= 4 is 17.4 Å². The number of aryl methyl sites for hydroxylation is 2. The Kier molecular flexibility index (Phi) is 3.65. The molecule has 0 saturated carbocycles. The second-order valence-electron chi connectivity index (χ2n) is 3.74. The second-order valence-corrected chi connectivity index (χ2v) is 4.72. The molecule has 2 aromatic rings. The number of rotatable bonds is 4. The van der Waals surface area contributed by atoms with Crippen LogP contribution in [0.1, 0.15) is 18.4 Å².